The number of rotatable bonds is 4. The number of thiophene rings is 1. The van der Waals surface area contributed by atoms with Crippen molar-refractivity contribution in [3.05, 3.63) is 40.8 Å². The van der Waals surface area contributed by atoms with Gasteiger partial charge in [0, 0.05) is 18.9 Å². The summed E-state index contributed by atoms with van der Waals surface area (Å²) in [6.07, 6.45) is 5.15. The number of hydrogen-bond acceptors (Lipinski definition) is 4. The molecule has 2 aromatic rings. The van der Waals surface area contributed by atoms with Crippen LogP contribution in [0.2, 0.25) is 0 Å². The standard InChI is InChI=1S/C14H18N4OS/c19-13(16-10-12-2-9-20-11-12)14(3-6-15-7-4-14)18-8-1-5-17-18/h1-2,5,8-9,11,15H,3-4,6-7,10H2,(H,16,19). The average molecular weight is 290 g/mol. The van der Waals surface area contributed by atoms with Gasteiger partial charge in [0.05, 0.1) is 0 Å². The van der Waals surface area contributed by atoms with Crippen LogP contribution in [-0.2, 0) is 16.9 Å². The van der Waals surface area contributed by atoms with Crippen molar-refractivity contribution in [2.24, 2.45) is 0 Å². The van der Waals surface area contributed by atoms with Gasteiger partial charge in [-0.1, -0.05) is 0 Å². The predicted octanol–water partition coefficient (Wildman–Crippen LogP) is 1.34. The zero-order valence-electron chi connectivity index (χ0n) is 11.2. The fourth-order valence-corrected chi connectivity index (χ4v) is 3.33. The van der Waals surface area contributed by atoms with Gasteiger partial charge in [0.25, 0.3) is 0 Å². The minimum atomic E-state index is -0.551. The maximum Gasteiger partial charge on any atom is 0.248 e. The maximum atomic E-state index is 12.7. The smallest absolute Gasteiger partial charge is 0.248 e. The van der Waals surface area contributed by atoms with Crippen molar-refractivity contribution in [2.75, 3.05) is 13.1 Å². The van der Waals surface area contributed by atoms with Crippen molar-refractivity contribution in [3.63, 3.8) is 0 Å². The summed E-state index contributed by atoms with van der Waals surface area (Å²) in [7, 11) is 0. The zero-order valence-corrected chi connectivity index (χ0v) is 12.0. The number of amides is 1. The van der Waals surface area contributed by atoms with Crippen molar-refractivity contribution in [1.29, 1.82) is 0 Å². The lowest BCUT2D eigenvalue weighted by molar-refractivity contribution is -0.132. The van der Waals surface area contributed by atoms with Crippen molar-refractivity contribution in [3.8, 4) is 0 Å². The largest absolute Gasteiger partial charge is 0.350 e. The minimum absolute atomic E-state index is 0.0638. The maximum absolute atomic E-state index is 12.7. The highest BCUT2D eigenvalue weighted by Gasteiger charge is 2.41. The first-order chi connectivity index (χ1) is 9.81. The van der Waals surface area contributed by atoms with Gasteiger partial charge in [-0.05, 0) is 54.4 Å². The molecule has 2 N–H and O–H groups in total. The van der Waals surface area contributed by atoms with Gasteiger partial charge in [-0.25, -0.2) is 0 Å². The van der Waals surface area contributed by atoms with Crippen LogP contribution in [0.1, 0.15) is 18.4 Å². The van der Waals surface area contributed by atoms with Crippen LogP contribution in [0.25, 0.3) is 0 Å². The molecule has 0 atom stereocenters. The van der Waals surface area contributed by atoms with Crippen LogP contribution >= 0.6 is 11.3 Å². The molecule has 6 heteroatoms. The van der Waals surface area contributed by atoms with E-state index >= 15 is 0 Å². The molecule has 20 heavy (non-hydrogen) atoms. The SMILES string of the molecule is O=C(NCc1ccsc1)C1(n2cccn2)CCNCC1. The van der Waals surface area contributed by atoms with Gasteiger partial charge in [-0.2, -0.15) is 16.4 Å². The second kappa shape index (κ2) is 5.76. The van der Waals surface area contributed by atoms with E-state index < -0.39 is 5.54 Å². The Labute approximate surface area is 122 Å². The average Bonchev–Trinajstić information content (AvgIpc) is 3.18. The highest BCUT2D eigenvalue weighted by atomic mass is 32.1. The first-order valence-electron chi connectivity index (χ1n) is 6.81. The van der Waals surface area contributed by atoms with Gasteiger partial charge in [0.1, 0.15) is 5.54 Å². The molecule has 1 aliphatic heterocycles. The topological polar surface area (TPSA) is 59.0 Å². The van der Waals surface area contributed by atoms with Crippen LogP contribution in [0.15, 0.2) is 35.3 Å². The van der Waals surface area contributed by atoms with E-state index in [-0.39, 0.29) is 5.91 Å². The molecule has 0 radical (unpaired) electrons. The van der Waals surface area contributed by atoms with Gasteiger partial charge in [0.2, 0.25) is 5.91 Å². The molecule has 0 unspecified atom stereocenters. The number of nitrogens with zero attached hydrogens (tertiary/aromatic N) is 2. The number of carbonyl (C=O) groups excluding carboxylic acids is 1. The summed E-state index contributed by atoms with van der Waals surface area (Å²) < 4.78 is 1.82. The quantitative estimate of drug-likeness (QED) is 0.893. The van der Waals surface area contributed by atoms with Gasteiger partial charge in [-0.15, -0.1) is 0 Å². The Morgan fingerprint density at radius 2 is 2.35 bits per heavy atom. The Hall–Kier alpha value is -1.66. The molecule has 106 valence electrons. The van der Waals surface area contributed by atoms with Crippen LogP contribution in [0, 0.1) is 0 Å². The minimum Gasteiger partial charge on any atom is -0.350 e. The summed E-state index contributed by atoms with van der Waals surface area (Å²) in [5.41, 5.74) is 0.595. The first-order valence-corrected chi connectivity index (χ1v) is 7.76. The Bertz CT molecular complexity index is 544. The molecular weight excluding hydrogens is 272 g/mol. The highest BCUT2D eigenvalue weighted by Crippen LogP contribution is 2.27. The Balaban J connectivity index is 1.77. The fraction of sp³-hybridized carbons (Fsp3) is 0.429. The molecule has 0 aromatic carbocycles. The molecule has 1 amide bonds. The predicted molar refractivity (Wildman–Crippen MR) is 78.5 cm³/mol. The summed E-state index contributed by atoms with van der Waals surface area (Å²) in [5, 5.41) is 14.8. The van der Waals surface area contributed by atoms with Crippen LogP contribution in [0.4, 0.5) is 0 Å². The van der Waals surface area contributed by atoms with E-state index in [0.29, 0.717) is 6.54 Å². The van der Waals surface area contributed by atoms with Gasteiger partial charge in [-0.3, -0.25) is 9.48 Å². The fourth-order valence-electron chi connectivity index (χ4n) is 2.66. The van der Waals surface area contributed by atoms with Crippen LogP contribution in [0.5, 0.6) is 0 Å². The molecule has 5 nitrogen and oxygen atoms in total. The van der Waals surface area contributed by atoms with E-state index in [1.54, 1.807) is 17.5 Å². The van der Waals surface area contributed by atoms with E-state index in [0.717, 1.165) is 31.5 Å². The van der Waals surface area contributed by atoms with Crippen LogP contribution < -0.4 is 10.6 Å². The van der Waals surface area contributed by atoms with Crippen LogP contribution in [0.3, 0.4) is 0 Å². The summed E-state index contributed by atoms with van der Waals surface area (Å²) in [6.45, 7) is 2.26. The first kappa shape index (κ1) is 13.3. The molecule has 0 saturated carbocycles. The van der Waals surface area contributed by atoms with Crippen molar-refractivity contribution >= 4 is 17.2 Å². The zero-order chi connectivity index (χ0) is 13.8. The molecule has 0 aliphatic carbocycles. The Kier molecular flexibility index (Phi) is 3.84. The molecule has 0 spiro atoms. The number of hydrogen-bond donors (Lipinski definition) is 2. The summed E-state index contributed by atoms with van der Waals surface area (Å²) in [6, 6.07) is 3.91. The van der Waals surface area contributed by atoms with Gasteiger partial charge in [0.15, 0.2) is 0 Å². The van der Waals surface area contributed by atoms with E-state index in [4.69, 9.17) is 0 Å². The van der Waals surface area contributed by atoms with Gasteiger partial charge >= 0.3 is 0 Å². The summed E-state index contributed by atoms with van der Waals surface area (Å²) in [5.74, 6) is 0.0638. The Morgan fingerprint density at radius 3 is 3.00 bits per heavy atom. The second-order valence-corrected chi connectivity index (χ2v) is 5.83. The summed E-state index contributed by atoms with van der Waals surface area (Å²) >= 11 is 1.64. The van der Waals surface area contributed by atoms with Crippen LogP contribution in [-0.4, -0.2) is 28.8 Å². The van der Waals surface area contributed by atoms with E-state index in [2.05, 4.69) is 21.1 Å². The molecule has 1 saturated heterocycles. The number of aromatic nitrogens is 2. The molecule has 0 bridgehead atoms. The summed E-state index contributed by atoms with van der Waals surface area (Å²) in [4.78, 5) is 12.7. The van der Waals surface area contributed by atoms with Gasteiger partial charge < -0.3 is 10.6 Å². The molecule has 3 rings (SSSR count). The third kappa shape index (κ3) is 2.48. The Morgan fingerprint density at radius 1 is 1.50 bits per heavy atom. The molecule has 1 fully saturated rings. The third-order valence-corrected chi connectivity index (χ3v) is 4.56. The van der Waals surface area contributed by atoms with Crippen molar-refractivity contribution in [1.82, 2.24) is 20.4 Å². The lowest BCUT2D eigenvalue weighted by atomic mass is 9.87. The lowest BCUT2D eigenvalue weighted by Crippen LogP contribution is -2.54. The molecule has 3 heterocycles. The number of nitrogens with one attached hydrogen (secondary N) is 2. The molecular formula is C14H18N4OS. The molecule has 1 aliphatic rings. The number of carbonyl (C=O) groups is 1. The van der Waals surface area contributed by atoms with E-state index in [1.165, 1.54) is 0 Å². The normalized spacial score (nSPS) is 17.8. The lowest BCUT2D eigenvalue weighted by Gasteiger charge is -2.36. The van der Waals surface area contributed by atoms with Crippen molar-refractivity contribution < 1.29 is 4.79 Å². The monoisotopic (exact) mass is 290 g/mol. The second-order valence-electron chi connectivity index (χ2n) is 5.05. The van der Waals surface area contributed by atoms with E-state index in [9.17, 15) is 4.79 Å². The molecule has 2 aromatic heterocycles. The number of piperidine rings is 1. The van der Waals surface area contributed by atoms with Crippen molar-refractivity contribution in [2.45, 2.75) is 24.9 Å². The highest BCUT2D eigenvalue weighted by molar-refractivity contribution is 7.07. The third-order valence-electron chi connectivity index (χ3n) is 3.83. The van der Waals surface area contributed by atoms with E-state index in [1.807, 2.05) is 28.4 Å².